The Hall–Kier alpha value is -2.34. The number of ether oxygens (including phenoxy) is 2. The van der Waals surface area contributed by atoms with Gasteiger partial charge in [0.05, 0.1) is 13.7 Å². The number of benzene rings is 1. The molecule has 2 atom stereocenters. The molecule has 3 rings (SSSR count). The smallest absolute Gasteiger partial charge is 0.375 e. The van der Waals surface area contributed by atoms with Crippen LogP contribution in [0.4, 0.5) is 0 Å². The first-order valence-corrected chi connectivity index (χ1v) is 7.11. The van der Waals surface area contributed by atoms with Crippen molar-refractivity contribution in [2.24, 2.45) is 0 Å². The molecule has 0 amide bonds. The van der Waals surface area contributed by atoms with Gasteiger partial charge in [-0.2, -0.15) is 0 Å². The van der Waals surface area contributed by atoms with E-state index in [1.165, 1.54) is 18.2 Å². The molecule has 0 radical (unpaired) electrons. The largest absolute Gasteiger partial charge is 0.464 e. The zero-order valence-electron chi connectivity index (χ0n) is 12.4. The molecule has 0 aromatic heterocycles. The molecule has 1 aromatic carbocycles. The van der Waals surface area contributed by atoms with Crippen LogP contribution in [0.1, 0.15) is 18.9 Å². The van der Waals surface area contributed by atoms with Gasteiger partial charge in [0.2, 0.25) is 11.3 Å². The van der Waals surface area contributed by atoms with Gasteiger partial charge in [-0.1, -0.05) is 30.3 Å². The predicted molar refractivity (Wildman–Crippen MR) is 76.2 cm³/mol. The first-order valence-electron chi connectivity index (χ1n) is 7.11. The molecule has 1 saturated heterocycles. The maximum absolute atomic E-state index is 12.7. The van der Waals surface area contributed by atoms with Gasteiger partial charge in [-0.25, -0.2) is 9.59 Å². The molecule has 2 aliphatic rings. The number of methoxy groups -OCH3 is 1. The molecule has 1 unspecified atom stereocenters. The SMILES string of the molecule is COC(=O)C1=CC2(c3ccccc3)C(=O)OCC[C@H](C)N2O1. The third-order valence-corrected chi connectivity index (χ3v) is 3.97. The van der Waals surface area contributed by atoms with E-state index in [4.69, 9.17) is 14.3 Å². The van der Waals surface area contributed by atoms with Crippen LogP contribution in [0.5, 0.6) is 0 Å². The highest BCUT2D eigenvalue weighted by atomic mass is 16.7. The fraction of sp³-hybridized carbons (Fsp3) is 0.375. The normalized spacial score (nSPS) is 28.0. The molecule has 0 bridgehead atoms. The summed E-state index contributed by atoms with van der Waals surface area (Å²) in [5, 5.41) is 1.53. The fourth-order valence-corrected chi connectivity index (χ4v) is 2.81. The van der Waals surface area contributed by atoms with Gasteiger partial charge in [-0.3, -0.25) is 0 Å². The van der Waals surface area contributed by atoms with Crippen LogP contribution in [-0.4, -0.2) is 36.8 Å². The van der Waals surface area contributed by atoms with Gasteiger partial charge in [0, 0.05) is 18.5 Å². The topological polar surface area (TPSA) is 65.1 Å². The van der Waals surface area contributed by atoms with Crippen molar-refractivity contribution in [1.82, 2.24) is 5.06 Å². The van der Waals surface area contributed by atoms with Gasteiger partial charge < -0.3 is 14.3 Å². The molecule has 116 valence electrons. The average Bonchev–Trinajstić information content (AvgIpc) is 2.92. The van der Waals surface area contributed by atoms with Crippen LogP contribution in [0.15, 0.2) is 42.2 Å². The van der Waals surface area contributed by atoms with E-state index in [-0.39, 0.29) is 11.8 Å². The number of nitrogens with zero attached hydrogens (tertiary/aromatic N) is 1. The Morgan fingerprint density at radius 3 is 2.77 bits per heavy atom. The molecule has 2 heterocycles. The Kier molecular flexibility index (Phi) is 3.62. The average molecular weight is 303 g/mol. The summed E-state index contributed by atoms with van der Waals surface area (Å²) in [6, 6.07) is 9.03. The van der Waals surface area contributed by atoms with Crippen molar-refractivity contribution in [3.63, 3.8) is 0 Å². The van der Waals surface area contributed by atoms with E-state index in [0.29, 0.717) is 18.6 Å². The molecule has 22 heavy (non-hydrogen) atoms. The highest BCUT2D eigenvalue weighted by molar-refractivity contribution is 5.92. The third-order valence-electron chi connectivity index (χ3n) is 3.97. The lowest BCUT2D eigenvalue weighted by atomic mass is 9.88. The molecule has 0 N–H and O–H groups in total. The molecule has 6 heteroatoms. The number of hydrogen-bond acceptors (Lipinski definition) is 6. The van der Waals surface area contributed by atoms with Crippen molar-refractivity contribution >= 4 is 11.9 Å². The van der Waals surface area contributed by atoms with Crippen LogP contribution < -0.4 is 0 Å². The van der Waals surface area contributed by atoms with E-state index in [1.807, 2.05) is 37.3 Å². The number of hydroxylamine groups is 2. The fourth-order valence-electron chi connectivity index (χ4n) is 2.81. The minimum atomic E-state index is -1.26. The lowest BCUT2D eigenvalue weighted by Gasteiger charge is -2.34. The minimum absolute atomic E-state index is 0.00273. The first-order chi connectivity index (χ1) is 10.6. The molecule has 1 fully saturated rings. The van der Waals surface area contributed by atoms with E-state index < -0.39 is 17.5 Å². The van der Waals surface area contributed by atoms with E-state index in [0.717, 1.165) is 0 Å². The number of cyclic esters (lactones) is 1. The molecule has 6 nitrogen and oxygen atoms in total. The maximum Gasteiger partial charge on any atom is 0.375 e. The van der Waals surface area contributed by atoms with Crippen LogP contribution in [0.3, 0.4) is 0 Å². The molecule has 0 aliphatic carbocycles. The Morgan fingerprint density at radius 1 is 1.36 bits per heavy atom. The van der Waals surface area contributed by atoms with Crippen LogP contribution in [0, 0.1) is 0 Å². The highest BCUT2D eigenvalue weighted by Crippen LogP contribution is 2.42. The summed E-state index contributed by atoms with van der Waals surface area (Å²) >= 11 is 0. The van der Waals surface area contributed by atoms with Crippen molar-refractivity contribution in [2.75, 3.05) is 13.7 Å². The Balaban J connectivity index is 2.17. The van der Waals surface area contributed by atoms with Gasteiger partial charge in [0.25, 0.3) is 0 Å². The van der Waals surface area contributed by atoms with Crippen LogP contribution in [0.2, 0.25) is 0 Å². The van der Waals surface area contributed by atoms with Crippen molar-refractivity contribution in [3.8, 4) is 0 Å². The zero-order chi connectivity index (χ0) is 15.7. The Bertz CT molecular complexity index is 627. The Labute approximate surface area is 128 Å². The number of carbonyl (C=O) groups excluding carboxylic acids is 2. The Morgan fingerprint density at radius 2 is 2.09 bits per heavy atom. The van der Waals surface area contributed by atoms with Crippen molar-refractivity contribution in [3.05, 3.63) is 47.7 Å². The lowest BCUT2D eigenvalue weighted by Crippen LogP contribution is -2.49. The summed E-state index contributed by atoms with van der Waals surface area (Å²) in [5.74, 6) is -1.08. The van der Waals surface area contributed by atoms with Crippen LogP contribution >= 0.6 is 0 Å². The van der Waals surface area contributed by atoms with Crippen molar-refractivity contribution in [1.29, 1.82) is 0 Å². The number of esters is 2. The van der Waals surface area contributed by atoms with E-state index in [9.17, 15) is 9.59 Å². The lowest BCUT2D eigenvalue weighted by molar-refractivity contribution is -0.198. The quantitative estimate of drug-likeness (QED) is 0.772. The third kappa shape index (κ3) is 2.07. The van der Waals surface area contributed by atoms with Gasteiger partial charge in [0.1, 0.15) is 0 Å². The number of carbonyl (C=O) groups is 2. The predicted octanol–water partition coefficient (Wildman–Crippen LogP) is 1.52. The zero-order valence-corrected chi connectivity index (χ0v) is 12.4. The summed E-state index contributed by atoms with van der Waals surface area (Å²) in [4.78, 5) is 30.2. The van der Waals surface area contributed by atoms with E-state index in [2.05, 4.69) is 0 Å². The van der Waals surface area contributed by atoms with Crippen LogP contribution in [-0.2, 0) is 29.4 Å². The van der Waals surface area contributed by atoms with Crippen LogP contribution in [0.25, 0.3) is 0 Å². The summed E-state index contributed by atoms with van der Waals surface area (Å²) in [7, 11) is 1.27. The molecule has 0 spiro atoms. The standard InChI is InChI=1S/C16H17NO5/c1-11-8-9-21-15(19)16(12-6-4-3-5-7-12)10-13(14(18)20-2)22-17(11)16/h3-7,10-11H,8-9H2,1-2H3/t11-,16?/m0/s1. The first kappa shape index (κ1) is 14.6. The second-order valence-corrected chi connectivity index (χ2v) is 5.32. The number of hydrogen-bond donors (Lipinski definition) is 0. The van der Waals surface area contributed by atoms with E-state index >= 15 is 0 Å². The second-order valence-electron chi connectivity index (χ2n) is 5.32. The van der Waals surface area contributed by atoms with Gasteiger partial charge in [0.15, 0.2) is 0 Å². The van der Waals surface area contributed by atoms with Crippen molar-refractivity contribution in [2.45, 2.75) is 24.9 Å². The van der Waals surface area contributed by atoms with Crippen molar-refractivity contribution < 1.29 is 23.9 Å². The highest BCUT2D eigenvalue weighted by Gasteiger charge is 2.56. The van der Waals surface area contributed by atoms with Gasteiger partial charge in [-0.15, -0.1) is 5.06 Å². The monoisotopic (exact) mass is 303 g/mol. The molecule has 2 aliphatic heterocycles. The summed E-state index contributed by atoms with van der Waals surface area (Å²) in [5.41, 5.74) is -0.576. The molecular formula is C16H17NO5. The number of rotatable bonds is 2. The maximum atomic E-state index is 12.7. The summed E-state index contributed by atoms with van der Waals surface area (Å²) in [6.07, 6.45) is 2.10. The van der Waals surface area contributed by atoms with Gasteiger partial charge in [-0.05, 0) is 12.5 Å². The van der Waals surface area contributed by atoms with Gasteiger partial charge >= 0.3 is 11.9 Å². The second kappa shape index (κ2) is 5.46. The summed E-state index contributed by atoms with van der Waals surface area (Å²) in [6.45, 7) is 2.24. The molecule has 1 aromatic rings. The minimum Gasteiger partial charge on any atom is -0.464 e. The molecule has 0 saturated carbocycles. The number of fused-ring (bicyclic) bond motifs is 1. The summed E-state index contributed by atoms with van der Waals surface area (Å²) < 4.78 is 10.1. The molecular weight excluding hydrogens is 286 g/mol. The van der Waals surface area contributed by atoms with E-state index in [1.54, 1.807) is 0 Å².